The van der Waals surface area contributed by atoms with Gasteiger partial charge >= 0.3 is 5.97 Å². The number of ether oxygens (including phenoxy) is 1. The molecule has 8 nitrogen and oxygen atoms in total. The first-order valence-electron chi connectivity index (χ1n) is 11.1. The lowest BCUT2D eigenvalue weighted by molar-refractivity contribution is 0.0598. The molecule has 2 N–H and O–H groups in total. The van der Waals surface area contributed by atoms with Crippen LogP contribution >= 0.6 is 0 Å². The van der Waals surface area contributed by atoms with E-state index in [9.17, 15) is 18.0 Å². The summed E-state index contributed by atoms with van der Waals surface area (Å²) in [4.78, 5) is 24.3. The number of aryl methyl sites for hydroxylation is 1. The Morgan fingerprint density at radius 3 is 2.17 bits per heavy atom. The van der Waals surface area contributed by atoms with Crippen molar-refractivity contribution in [3.8, 4) is 0 Å². The van der Waals surface area contributed by atoms with Gasteiger partial charge in [0, 0.05) is 12.1 Å². The number of hydrogen-bond acceptors (Lipinski definition) is 6. The summed E-state index contributed by atoms with van der Waals surface area (Å²) in [5.41, 5.74) is 2.42. The molecule has 186 valence electrons. The number of hydrogen-bond donors (Lipinski definition) is 2. The monoisotopic (exact) mass is 498 g/mol. The topological polar surface area (TPSA) is 115 Å². The van der Waals surface area contributed by atoms with Crippen LogP contribution in [0.2, 0.25) is 0 Å². The molecule has 0 spiro atoms. The van der Waals surface area contributed by atoms with Gasteiger partial charge in [-0.1, -0.05) is 45.0 Å². The number of esters is 1. The number of carbonyl (C=O) groups is 2. The molecule has 0 radical (unpaired) electrons. The Morgan fingerprint density at radius 2 is 1.60 bits per heavy atom. The van der Waals surface area contributed by atoms with E-state index >= 15 is 0 Å². The summed E-state index contributed by atoms with van der Waals surface area (Å²) in [6.07, 6.45) is 0. The average Bonchev–Trinajstić information content (AvgIpc) is 3.21. The molecular weight excluding hydrogens is 468 g/mol. The van der Waals surface area contributed by atoms with E-state index in [0.717, 1.165) is 5.56 Å². The van der Waals surface area contributed by atoms with Crippen molar-refractivity contribution in [3.05, 3.63) is 88.4 Å². The molecule has 3 aromatic rings. The molecule has 0 aliphatic heterocycles. The standard InChI is InChI=1S/C26H30N2O6S/c1-17-23(25(30)33-5)14-21(34-17)16-27-24(29)19-8-6-18(7-9-19)15-28-35(31,32)22-12-10-20(11-13-22)26(2,3)4/h6-14,28H,15-16H2,1-5H3,(H,27,29). The fraction of sp³-hybridized carbons (Fsp3) is 0.308. The number of furan rings is 1. The maximum atomic E-state index is 12.6. The first kappa shape index (κ1) is 26.2. The van der Waals surface area contributed by atoms with Gasteiger partial charge in [-0.25, -0.2) is 17.9 Å². The highest BCUT2D eigenvalue weighted by Crippen LogP contribution is 2.23. The van der Waals surface area contributed by atoms with Gasteiger partial charge in [-0.15, -0.1) is 0 Å². The molecule has 1 amide bonds. The number of benzene rings is 2. The van der Waals surface area contributed by atoms with E-state index in [2.05, 4.69) is 30.8 Å². The Bertz CT molecular complexity index is 1300. The lowest BCUT2D eigenvalue weighted by Gasteiger charge is -2.19. The van der Waals surface area contributed by atoms with Crippen LogP contribution in [-0.2, 0) is 33.3 Å². The largest absolute Gasteiger partial charge is 0.465 e. The molecule has 0 fully saturated rings. The van der Waals surface area contributed by atoms with Crippen molar-refractivity contribution < 1.29 is 27.2 Å². The fourth-order valence-electron chi connectivity index (χ4n) is 3.38. The second kappa shape index (κ2) is 10.5. The third kappa shape index (κ3) is 6.58. The van der Waals surface area contributed by atoms with Gasteiger partial charge in [0.15, 0.2) is 0 Å². The zero-order chi connectivity index (χ0) is 25.8. The molecule has 35 heavy (non-hydrogen) atoms. The second-order valence-corrected chi connectivity index (χ2v) is 10.9. The van der Waals surface area contributed by atoms with Crippen molar-refractivity contribution in [1.82, 2.24) is 10.0 Å². The first-order chi connectivity index (χ1) is 16.4. The van der Waals surface area contributed by atoms with Gasteiger partial charge in [0.25, 0.3) is 5.91 Å². The van der Waals surface area contributed by atoms with Gasteiger partial charge in [0.05, 0.1) is 18.6 Å². The first-order valence-corrected chi connectivity index (χ1v) is 12.5. The molecule has 0 unspecified atom stereocenters. The van der Waals surface area contributed by atoms with Gasteiger partial charge in [-0.3, -0.25) is 4.79 Å². The summed E-state index contributed by atoms with van der Waals surface area (Å²) in [6, 6.07) is 15.0. The quantitative estimate of drug-likeness (QED) is 0.452. The molecule has 1 heterocycles. The third-order valence-electron chi connectivity index (χ3n) is 5.51. The fourth-order valence-corrected chi connectivity index (χ4v) is 4.40. The van der Waals surface area contributed by atoms with Crippen LogP contribution < -0.4 is 10.0 Å². The lowest BCUT2D eigenvalue weighted by Crippen LogP contribution is -2.24. The third-order valence-corrected chi connectivity index (χ3v) is 6.93. The van der Waals surface area contributed by atoms with Gasteiger partial charge < -0.3 is 14.5 Å². The highest BCUT2D eigenvalue weighted by molar-refractivity contribution is 7.89. The zero-order valence-electron chi connectivity index (χ0n) is 20.5. The maximum absolute atomic E-state index is 12.6. The molecule has 0 bridgehead atoms. The van der Waals surface area contributed by atoms with Crippen molar-refractivity contribution in [1.29, 1.82) is 0 Å². The number of methoxy groups -OCH3 is 1. The van der Waals surface area contributed by atoms with Crippen LogP contribution in [0, 0.1) is 6.92 Å². The van der Waals surface area contributed by atoms with Gasteiger partial charge in [0.1, 0.15) is 17.1 Å². The minimum Gasteiger partial charge on any atom is -0.465 e. The van der Waals surface area contributed by atoms with Crippen LogP contribution in [0.1, 0.15) is 64.1 Å². The summed E-state index contributed by atoms with van der Waals surface area (Å²) < 4.78 is 38.0. The molecule has 0 saturated carbocycles. The van der Waals surface area contributed by atoms with Crippen LogP contribution in [0.5, 0.6) is 0 Å². The molecule has 9 heteroatoms. The van der Waals surface area contributed by atoms with E-state index in [-0.39, 0.29) is 29.3 Å². The summed E-state index contributed by atoms with van der Waals surface area (Å²) in [5.74, 6) is 0.0116. The van der Waals surface area contributed by atoms with E-state index in [1.807, 2.05) is 12.1 Å². The average molecular weight is 499 g/mol. The smallest absolute Gasteiger partial charge is 0.341 e. The Hall–Kier alpha value is -3.43. The Morgan fingerprint density at radius 1 is 0.971 bits per heavy atom. The Labute approximate surface area is 205 Å². The molecule has 0 aliphatic rings. The molecule has 1 aromatic heterocycles. The van der Waals surface area contributed by atoms with Crippen LogP contribution in [0.4, 0.5) is 0 Å². The van der Waals surface area contributed by atoms with E-state index < -0.39 is 16.0 Å². The second-order valence-electron chi connectivity index (χ2n) is 9.15. The predicted molar refractivity (Wildman–Crippen MR) is 132 cm³/mol. The maximum Gasteiger partial charge on any atom is 0.341 e. The van der Waals surface area contributed by atoms with E-state index in [1.54, 1.807) is 43.3 Å². The molecule has 2 aromatic carbocycles. The summed E-state index contributed by atoms with van der Waals surface area (Å²) in [5, 5.41) is 2.73. The van der Waals surface area contributed by atoms with E-state index in [1.165, 1.54) is 13.2 Å². The van der Waals surface area contributed by atoms with Crippen LogP contribution in [0.15, 0.2) is 63.9 Å². The number of carbonyl (C=O) groups excluding carboxylic acids is 2. The van der Waals surface area contributed by atoms with Crippen LogP contribution in [-0.4, -0.2) is 27.4 Å². The highest BCUT2D eigenvalue weighted by atomic mass is 32.2. The summed E-state index contributed by atoms with van der Waals surface area (Å²) >= 11 is 0. The molecule has 0 saturated heterocycles. The SMILES string of the molecule is COC(=O)c1cc(CNC(=O)c2ccc(CNS(=O)(=O)c3ccc(C(C)(C)C)cc3)cc2)oc1C. The predicted octanol–water partition coefficient (Wildman–Crippen LogP) is 4.08. The molecule has 3 rings (SSSR count). The minimum absolute atomic E-state index is 0.0628. The number of nitrogens with one attached hydrogen (secondary N) is 2. The Balaban J connectivity index is 1.57. The van der Waals surface area contributed by atoms with Crippen molar-refractivity contribution >= 4 is 21.9 Å². The molecule has 0 aliphatic carbocycles. The summed E-state index contributed by atoms with van der Waals surface area (Å²) in [6.45, 7) is 8.04. The number of amides is 1. The molecular formula is C26H30N2O6S. The normalized spacial score (nSPS) is 11.8. The highest BCUT2D eigenvalue weighted by Gasteiger charge is 2.18. The van der Waals surface area contributed by atoms with E-state index in [4.69, 9.17) is 9.15 Å². The number of rotatable bonds is 8. The van der Waals surface area contributed by atoms with Crippen molar-refractivity contribution in [2.24, 2.45) is 0 Å². The van der Waals surface area contributed by atoms with Gasteiger partial charge in [-0.05, 0) is 53.8 Å². The van der Waals surface area contributed by atoms with Crippen LogP contribution in [0.25, 0.3) is 0 Å². The minimum atomic E-state index is -3.67. The lowest BCUT2D eigenvalue weighted by atomic mass is 9.87. The van der Waals surface area contributed by atoms with Crippen molar-refractivity contribution in [2.45, 2.75) is 51.1 Å². The molecule has 0 atom stereocenters. The van der Waals surface area contributed by atoms with Crippen molar-refractivity contribution in [3.63, 3.8) is 0 Å². The van der Waals surface area contributed by atoms with Crippen molar-refractivity contribution in [2.75, 3.05) is 7.11 Å². The van der Waals surface area contributed by atoms with Gasteiger partial charge in [0.2, 0.25) is 10.0 Å². The number of sulfonamides is 1. The Kier molecular flexibility index (Phi) is 7.82. The zero-order valence-corrected chi connectivity index (χ0v) is 21.3. The van der Waals surface area contributed by atoms with Crippen LogP contribution in [0.3, 0.4) is 0 Å². The van der Waals surface area contributed by atoms with E-state index in [0.29, 0.717) is 28.2 Å². The summed E-state index contributed by atoms with van der Waals surface area (Å²) in [7, 11) is -2.38. The van der Waals surface area contributed by atoms with Gasteiger partial charge in [-0.2, -0.15) is 0 Å².